The molecule has 0 aromatic heterocycles. The summed E-state index contributed by atoms with van der Waals surface area (Å²) in [4.78, 5) is 0. The number of hydrogen-bond donors (Lipinski definition) is 2. The highest BCUT2D eigenvalue weighted by Crippen LogP contribution is 2.46. The zero-order valence-electron chi connectivity index (χ0n) is 11.1. The molecule has 4 rings (SSSR count). The first kappa shape index (κ1) is 12.2. The van der Waals surface area contributed by atoms with Crippen LogP contribution in [0.3, 0.4) is 0 Å². The van der Waals surface area contributed by atoms with Crippen LogP contribution in [0, 0.1) is 5.92 Å². The molecule has 3 atom stereocenters. The van der Waals surface area contributed by atoms with Crippen LogP contribution in [0.1, 0.15) is 29.6 Å². The summed E-state index contributed by atoms with van der Waals surface area (Å²) in [7, 11) is 0. The number of hydrogen-bond acceptors (Lipinski definition) is 2. The summed E-state index contributed by atoms with van der Waals surface area (Å²) in [6.07, 6.45) is 1.21. The molecule has 2 N–H and O–H groups in total. The number of para-hydroxylation sites is 1. The maximum absolute atomic E-state index is 6.01. The number of benzene rings is 2. The molecule has 0 saturated carbocycles. The molecule has 2 aromatic rings. The summed E-state index contributed by atoms with van der Waals surface area (Å²) in [6, 6.07) is 17.7. The van der Waals surface area contributed by atoms with E-state index in [0.29, 0.717) is 18.0 Å². The van der Waals surface area contributed by atoms with E-state index in [-0.39, 0.29) is 0 Å². The highest BCUT2D eigenvalue weighted by Gasteiger charge is 2.39. The molecule has 2 heterocycles. The van der Waals surface area contributed by atoms with Crippen molar-refractivity contribution in [3.63, 3.8) is 0 Å². The zero-order valence-corrected chi connectivity index (χ0v) is 11.9. The van der Waals surface area contributed by atoms with Gasteiger partial charge in [-0.25, -0.2) is 0 Å². The van der Waals surface area contributed by atoms with E-state index in [1.807, 2.05) is 12.1 Å². The van der Waals surface area contributed by atoms with Crippen LogP contribution in [0.4, 0.5) is 5.69 Å². The fourth-order valence-corrected chi connectivity index (χ4v) is 3.72. The number of halogens is 1. The van der Waals surface area contributed by atoms with Crippen LogP contribution in [-0.4, -0.2) is 6.54 Å². The van der Waals surface area contributed by atoms with E-state index in [9.17, 15) is 0 Å². The van der Waals surface area contributed by atoms with Crippen LogP contribution in [0.5, 0.6) is 0 Å². The molecule has 0 bridgehead atoms. The van der Waals surface area contributed by atoms with Crippen molar-refractivity contribution in [1.29, 1.82) is 0 Å². The average molecular weight is 285 g/mol. The zero-order chi connectivity index (χ0) is 13.5. The van der Waals surface area contributed by atoms with E-state index in [1.54, 1.807) is 0 Å². The highest BCUT2D eigenvalue weighted by molar-refractivity contribution is 6.30. The first-order valence-electron chi connectivity index (χ1n) is 7.17. The van der Waals surface area contributed by atoms with E-state index >= 15 is 0 Å². The summed E-state index contributed by atoms with van der Waals surface area (Å²) in [5.41, 5.74) is 3.98. The van der Waals surface area contributed by atoms with Crippen LogP contribution in [0.15, 0.2) is 48.5 Å². The number of anilines is 1. The lowest BCUT2D eigenvalue weighted by Crippen LogP contribution is -2.32. The van der Waals surface area contributed by atoms with Crippen LogP contribution in [-0.2, 0) is 0 Å². The molecule has 1 saturated heterocycles. The first-order valence-corrected chi connectivity index (χ1v) is 7.55. The molecular formula is C17H17ClN2. The molecule has 0 radical (unpaired) electrons. The molecule has 0 amide bonds. The Morgan fingerprint density at radius 2 is 1.75 bits per heavy atom. The van der Waals surface area contributed by atoms with Crippen molar-refractivity contribution in [3.05, 3.63) is 64.7 Å². The summed E-state index contributed by atoms with van der Waals surface area (Å²) >= 11 is 6.01. The monoisotopic (exact) mass is 284 g/mol. The Kier molecular flexibility index (Phi) is 2.94. The summed E-state index contributed by atoms with van der Waals surface area (Å²) < 4.78 is 0. The largest absolute Gasteiger partial charge is 0.378 e. The van der Waals surface area contributed by atoms with E-state index in [0.717, 1.165) is 11.6 Å². The third-order valence-corrected chi connectivity index (χ3v) is 4.79. The molecule has 3 unspecified atom stereocenters. The molecular weight excluding hydrogens is 268 g/mol. The second kappa shape index (κ2) is 4.80. The van der Waals surface area contributed by atoms with Crippen LogP contribution in [0.25, 0.3) is 0 Å². The first-order chi connectivity index (χ1) is 9.83. The van der Waals surface area contributed by atoms with Crippen molar-refractivity contribution in [2.24, 2.45) is 5.92 Å². The van der Waals surface area contributed by atoms with Gasteiger partial charge >= 0.3 is 0 Å². The summed E-state index contributed by atoms with van der Waals surface area (Å²) in [5, 5.41) is 8.18. The van der Waals surface area contributed by atoms with Gasteiger partial charge in [0.1, 0.15) is 0 Å². The van der Waals surface area contributed by atoms with E-state index < -0.39 is 0 Å². The molecule has 20 heavy (non-hydrogen) atoms. The van der Waals surface area contributed by atoms with E-state index in [2.05, 4.69) is 47.0 Å². The van der Waals surface area contributed by atoms with Crippen molar-refractivity contribution in [2.75, 3.05) is 11.9 Å². The van der Waals surface area contributed by atoms with Gasteiger partial charge in [0, 0.05) is 22.7 Å². The lowest BCUT2D eigenvalue weighted by atomic mass is 9.80. The second-order valence-corrected chi connectivity index (χ2v) is 6.08. The van der Waals surface area contributed by atoms with Gasteiger partial charge in [0.05, 0.1) is 6.04 Å². The van der Waals surface area contributed by atoms with Crippen molar-refractivity contribution >= 4 is 17.3 Å². The Balaban J connectivity index is 1.76. The van der Waals surface area contributed by atoms with Crippen molar-refractivity contribution in [2.45, 2.75) is 18.5 Å². The predicted molar refractivity (Wildman–Crippen MR) is 83.1 cm³/mol. The normalized spacial score (nSPS) is 27.6. The SMILES string of the molecule is Clc1ccc(C2Nc3ccccc3C3NCCC23)cc1. The third-order valence-electron chi connectivity index (χ3n) is 4.53. The van der Waals surface area contributed by atoms with E-state index in [1.165, 1.54) is 23.2 Å². The van der Waals surface area contributed by atoms with Crippen LogP contribution in [0.2, 0.25) is 5.02 Å². The predicted octanol–water partition coefficient (Wildman–Crippen LogP) is 4.16. The number of fused-ring (bicyclic) bond motifs is 3. The smallest absolute Gasteiger partial charge is 0.0560 e. The molecule has 0 spiro atoms. The molecule has 3 heteroatoms. The van der Waals surface area contributed by atoms with Gasteiger partial charge in [-0.3, -0.25) is 0 Å². The Morgan fingerprint density at radius 3 is 2.60 bits per heavy atom. The van der Waals surface area contributed by atoms with Gasteiger partial charge in [-0.05, 0) is 42.3 Å². The Morgan fingerprint density at radius 1 is 0.950 bits per heavy atom. The molecule has 2 aliphatic heterocycles. The van der Waals surface area contributed by atoms with Crippen molar-refractivity contribution < 1.29 is 0 Å². The van der Waals surface area contributed by atoms with Crippen molar-refractivity contribution in [3.8, 4) is 0 Å². The fourth-order valence-electron chi connectivity index (χ4n) is 3.60. The topological polar surface area (TPSA) is 24.1 Å². The van der Waals surface area contributed by atoms with Gasteiger partial charge in [-0.15, -0.1) is 0 Å². The number of nitrogens with one attached hydrogen (secondary N) is 2. The molecule has 2 nitrogen and oxygen atoms in total. The van der Waals surface area contributed by atoms with Crippen molar-refractivity contribution in [1.82, 2.24) is 5.32 Å². The standard InChI is InChI=1S/C17H17ClN2/c18-12-7-5-11(6-8-12)16-14-9-10-19-17(14)13-3-1-2-4-15(13)20-16/h1-8,14,16-17,19-20H,9-10H2. The maximum atomic E-state index is 6.01. The highest BCUT2D eigenvalue weighted by atomic mass is 35.5. The molecule has 2 aromatic carbocycles. The van der Waals surface area contributed by atoms with Crippen LogP contribution < -0.4 is 10.6 Å². The Labute approximate surface area is 124 Å². The van der Waals surface area contributed by atoms with E-state index in [4.69, 9.17) is 11.6 Å². The van der Waals surface area contributed by atoms with Gasteiger partial charge in [0.2, 0.25) is 0 Å². The average Bonchev–Trinajstić information content (AvgIpc) is 2.97. The second-order valence-electron chi connectivity index (χ2n) is 5.65. The van der Waals surface area contributed by atoms with Gasteiger partial charge in [-0.2, -0.15) is 0 Å². The Hall–Kier alpha value is -1.51. The minimum Gasteiger partial charge on any atom is -0.378 e. The molecule has 2 aliphatic rings. The quantitative estimate of drug-likeness (QED) is 0.822. The Bertz CT molecular complexity index is 623. The summed E-state index contributed by atoms with van der Waals surface area (Å²) in [6.45, 7) is 1.09. The minimum atomic E-state index is 0.363. The number of rotatable bonds is 1. The molecule has 102 valence electrons. The lowest BCUT2D eigenvalue weighted by molar-refractivity contribution is 0.391. The molecule has 0 aliphatic carbocycles. The van der Waals surface area contributed by atoms with Gasteiger partial charge in [0.15, 0.2) is 0 Å². The van der Waals surface area contributed by atoms with Gasteiger partial charge in [-0.1, -0.05) is 41.9 Å². The van der Waals surface area contributed by atoms with Crippen LogP contribution >= 0.6 is 11.6 Å². The van der Waals surface area contributed by atoms with Gasteiger partial charge in [0.25, 0.3) is 0 Å². The minimum absolute atomic E-state index is 0.363. The van der Waals surface area contributed by atoms with Gasteiger partial charge < -0.3 is 10.6 Å². The summed E-state index contributed by atoms with van der Waals surface area (Å²) in [5.74, 6) is 0.603. The lowest BCUT2D eigenvalue weighted by Gasteiger charge is -2.37. The fraction of sp³-hybridized carbons (Fsp3) is 0.294. The maximum Gasteiger partial charge on any atom is 0.0560 e. The third kappa shape index (κ3) is 1.91. The molecule has 1 fully saturated rings.